The normalized spacial score (nSPS) is 21.6. The summed E-state index contributed by atoms with van der Waals surface area (Å²) in [5.41, 5.74) is 1.14. The van der Waals surface area contributed by atoms with Gasteiger partial charge in [-0.3, -0.25) is 0 Å². The third kappa shape index (κ3) is 5.11. The van der Waals surface area contributed by atoms with E-state index in [1.807, 2.05) is 19.9 Å². The zero-order valence-corrected chi connectivity index (χ0v) is 13.2. The molecule has 21 heavy (non-hydrogen) atoms. The Kier molecular flexibility index (Phi) is 6.23. The van der Waals surface area contributed by atoms with Crippen molar-refractivity contribution in [2.24, 2.45) is 0 Å². The van der Waals surface area contributed by atoms with Crippen LogP contribution in [-0.4, -0.2) is 43.7 Å². The Bertz CT molecular complexity index is 426. The summed E-state index contributed by atoms with van der Waals surface area (Å²) in [5, 5.41) is 13.3. The van der Waals surface area contributed by atoms with Gasteiger partial charge < -0.3 is 24.3 Å². The minimum Gasteiger partial charge on any atom is -0.466 e. The summed E-state index contributed by atoms with van der Waals surface area (Å²) in [6, 6.07) is 2.18. The summed E-state index contributed by atoms with van der Waals surface area (Å²) in [7, 11) is 0. The van der Waals surface area contributed by atoms with Crippen LogP contribution in [0.15, 0.2) is 10.5 Å². The van der Waals surface area contributed by atoms with Gasteiger partial charge in [0, 0.05) is 24.8 Å². The lowest BCUT2D eigenvalue weighted by molar-refractivity contribution is -0.0168. The molecule has 2 heterocycles. The first-order valence-corrected chi connectivity index (χ1v) is 7.74. The molecule has 5 nitrogen and oxygen atoms in total. The first kappa shape index (κ1) is 16.5. The molecule has 1 aliphatic heterocycles. The fourth-order valence-corrected chi connectivity index (χ4v) is 2.67. The molecule has 2 rings (SSSR count). The van der Waals surface area contributed by atoms with E-state index < -0.39 is 6.10 Å². The van der Waals surface area contributed by atoms with Crippen molar-refractivity contribution in [1.82, 2.24) is 5.32 Å². The third-order valence-electron chi connectivity index (χ3n) is 3.84. The van der Waals surface area contributed by atoms with Gasteiger partial charge in [-0.2, -0.15) is 0 Å². The molecule has 1 aromatic heterocycles. The summed E-state index contributed by atoms with van der Waals surface area (Å²) in [4.78, 5) is 0. The van der Waals surface area contributed by atoms with E-state index in [1.54, 1.807) is 0 Å². The molecule has 0 spiro atoms. The van der Waals surface area contributed by atoms with Crippen LogP contribution in [0.2, 0.25) is 0 Å². The second kappa shape index (κ2) is 7.94. The number of aliphatic hydroxyl groups excluding tert-OH is 1. The minimum atomic E-state index is -0.512. The van der Waals surface area contributed by atoms with E-state index in [0.717, 1.165) is 36.5 Å². The van der Waals surface area contributed by atoms with Crippen LogP contribution < -0.4 is 5.32 Å². The van der Waals surface area contributed by atoms with Gasteiger partial charge in [0.15, 0.2) is 0 Å². The molecular weight excluding hydrogens is 270 g/mol. The molecule has 1 fully saturated rings. The van der Waals surface area contributed by atoms with Gasteiger partial charge in [0.25, 0.3) is 0 Å². The van der Waals surface area contributed by atoms with Crippen molar-refractivity contribution in [2.75, 3.05) is 26.4 Å². The number of rotatable bonds is 8. The van der Waals surface area contributed by atoms with Gasteiger partial charge in [0.2, 0.25) is 0 Å². The van der Waals surface area contributed by atoms with E-state index >= 15 is 0 Å². The third-order valence-corrected chi connectivity index (χ3v) is 3.84. The van der Waals surface area contributed by atoms with Crippen LogP contribution in [-0.2, 0) is 9.47 Å². The average Bonchev–Trinajstić information content (AvgIpc) is 3.06. The van der Waals surface area contributed by atoms with E-state index in [9.17, 15) is 5.11 Å². The lowest BCUT2D eigenvalue weighted by atomic mass is 10.1. The van der Waals surface area contributed by atoms with Gasteiger partial charge in [0.1, 0.15) is 11.5 Å². The van der Waals surface area contributed by atoms with Crippen LogP contribution in [0, 0.1) is 13.8 Å². The first-order chi connectivity index (χ1) is 10.1. The predicted molar refractivity (Wildman–Crippen MR) is 80.4 cm³/mol. The highest BCUT2D eigenvalue weighted by molar-refractivity contribution is 5.23. The molecule has 5 heteroatoms. The molecule has 0 bridgehead atoms. The summed E-state index contributed by atoms with van der Waals surface area (Å²) in [5.74, 6) is 1.84. The molecule has 3 atom stereocenters. The Labute approximate surface area is 126 Å². The Morgan fingerprint density at radius 2 is 2.29 bits per heavy atom. The minimum absolute atomic E-state index is 0.148. The van der Waals surface area contributed by atoms with E-state index in [1.165, 1.54) is 0 Å². The van der Waals surface area contributed by atoms with Gasteiger partial charge in [-0.15, -0.1) is 0 Å². The zero-order valence-electron chi connectivity index (χ0n) is 13.2. The van der Waals surface area contributed by atoms with Gasteiger partial charge in [0.05, 0.1) is 25.4 Å². The molecule has 0 amide bonds. The van der Waals surface area contributed by atoms with E-state index in [4.69, 9.17) is 13.9 Å². The van der Waals surface area contributed by atoms with Crippen molar-refractivity contribution in [1.29, 1.82) is 0 Å². The summed E-state index contributed by atoms with van der Waals surface area (Å²) >= 11 is 0. The Morgan fingerprint density at radius 3 is 2.90 bits per heavy atom. The van der Waals surface area contributed by atoms with Crippen molar-refractivity contribution >= 4 is 0 Å². The summed E-state index contributed by atoms with van der Waals surface area (Å²) in [6.45, 7) is 8.21. The van der Waals surface area contributed by atoms with Gasteiger partial charge in [-0.05, 0) is 39.7 Å². The number of furan rings is 1. The lowest BCUT2D eigenvalue weighted by Crippen LogP contribution is -2.33. The Morgan fingerprint density at radius 1 is 1.48 bits per heavy atom. The highest BCUT2D eigenvalue weighted by Crippen LogP contribution is 2.21. The standard InChI is InChI=1S/C16H27NO4/c1-11-7-16(13(3)21-11)12(2)17-8-14(18)9-19-10-15-5-4-6-20-15/h7,12,14-15,17-18H,4-6,8-10H2,1-3H3. The molecule has 3 unspecified atom stereocenters. The number of aliphatic hydroxyl groups is 1. The smallest absolute Gasteiger partial charge is 0.105 e. The van der Waals surface area contributed by atoms with Crippen molar-refractivity contribution in [2.45, 2.75) is 51.9 Å². The van der Waals surface area contributed by atoms with Crippen LogP contribution in [0.5, 0.6) is 0 Å². The van der Waals surface area contributed by atoms with Gasteiger partial charge in [-0.25, -0.2) is 0 Å². The van der Waals surface area contributed by atoms with Crippen LogP contribution in [0.1, 0.15) is 42.9 Å². The summed E-state index contributed by atoms with van der Waals surface area (Å²) < 4.78 is 16.5. The number of hydrogen-bond acceptors (Lipinski definition) is 5. The van der Waals surface area contributed by atoms with Crippen LogP contribution in [0.3, 0.4) is 0 Å². The zero-order chi connectivity index (χ0) is 15.2. The molecule has 0 saturated carbocycles. The van der Waals surface area contributed by atoms with Crippen molar-refractivity contribution in [3.63, 3.8) is 0 Å². The fraction of sp³-hybridized carbons (Fsp3) is 0.750. The first-order valence-electron chi connectivity index (χ1n) is 7.74. The van der Waals surface area contributed by atoms with E-state index in [0.29, 0.717) is 19.8 Å². The predicted octanol–water partition coefficient (Wildman–Crippen LogP) is 2.10. The molecule has 2 N–H and O–H groups in total. The lowest BCUT2D eigenvalue weighted by Gasteiger charge is -2.18. The molecule has 1 aliphatic rings. The quantitative estimate of drug-likeness (QED) is 0.769. The number of nitrogens with one attached hydrogen (secondary N) is 1. The van der Waals surface area contributed by atoms with Gasteiger partial charge >= 0.3 is 0 Å². The molecule has 0 aliphatic carbocycles. The van der Waals surface area contributed by atoms with Crippen LogP contribution >= 0.6 is 0 Å². The molecule has 1 saturated heterocycles. The van der Waals surface area contributed by atoms with Crippen molar-refractivity contribution in [3.8, 4) is 0 Å². The monoisotopic (exact) mass is 297 g/mol. The maximum atomic E-state index is 9.94. The van der Waals surface area contributed by atoms with Crippen molar-refractivity contribution < 1.29 is 19.0 Å². The topological polar surface area (TPSA) is 63.9 Å². The molecule has 1 aromatic rings. The van der Waals surface area contributed by atoms with E-state index in [2.05, 4.69) is 12.2 Å². The molecule has 0 aromatic carbocycles. The second-order valence-corrected chi connectivity index (χ2v) is 5.82. The van der Waals surface area contributed by atoms with Crippen LogP contribution in [0.4, 0.5) is 0 Å². The maximum absolute atomic E-state index is 9.94. The maximum Gasteiger partial charge on any atom is 0.105 e. The van der Waals surface area contributed by atoms with E-state index in [-0.39, 0.29) is 12.1 Å². The largest absolute Gasteiger partial charge is 0.466 e. The fourth-order valence-electron chi connectivity index (χ4n) is 2.67. The molecular formula is C16H27NO4. The van der Waals surface area contributed by atoms with Gasteiger partial charge in [-0.1, -0.05) is 0 Å². The summed E-state index contributed by atoms with van der Waals surface area (Å²) in [6.07, 6.45) is 1.87. The average molecular weight is 297 g/mol. The SMILES string of the molecule is Cc1cc(C(C)NCC(O)COCC2CCCO2)c(C)o1. The number of ether oxygens (including phenoxy) is 2. The molecule has 0 radical (unpaired) electrons. The Balaban J connectivity index is 1.63. The number of hydrogen-bond donors (Lipinski definition) is 2. The second-order valence-electron chi connectivity index (χ2n) is 5.82. The Hall–Kier alpha value is -0.880. The van der Waals surface area contributed by atoms with Crippen molar-refractivity contribution in [3.05, 3.63) is 23.2 Å². The number of aryl methyl sites for hydroxylation is 2. The van der Waals surface area contributed by atoms with Crippen LogP contribution in [0.25, 0.3) is 0 Å². The molecule has 120 valence electrons. The highest BCUT2D eigenvalue weighted by Gasteiger charge is 2.17. The highest BCUT2D eigenvalue weighted by atomic mass is 16.5.